The van der Waals surface area contributed by atoms with Gasteiger partial charge in [-0.1, -0.05) is 23.7 Å². The molecule has 1 aliphatic heterocycles. The molecule has 1 aromatic carbocycles. The summed E-state index contributed by atoms with van der Waals surface area (Å²) < 4.78 is 7.35. The molecule has 2 heterocycles. The first kappa shape index (κ1) is 12.5. The summed E-state index contributed by atoms with van der Waals surface area (Å²) in [5, 5.41) is 8.19. The number of rotatable bonds is 3. The number of ether oxygens (including phenoxy) is 1. The van der Waals surface area contributed by atoms with Crippen LogP contribution < -0.4 is 10.1 Å². The van der Waals surface area contributed by atoms with E-state index in [4.69, 9.17) is 16.3 Å². The van der Waals surface area contributed by atoms with Crippen molar-refractivity contribution in [3.05, 3.63) is 46.2 Å². The SMILES string of the molecule is CNC(c1ccc2c(c1)CCO2)c1c(Cl)cnn1C. The van der Waals surface area contributed by atoms with E-state index in [1.54, 1.807) is 6.20 Å². The smallest absolute Gasteiger partial charge is 0.122 e. The summed E-state index contributed by atoms with van der Waals surface area (Å²) in [6, 6.07) is 6.33. The second-order valence-electron chi connectivity index (χ2n) is 4.69. The van der Waals surface area contributed by atoms with Gasteiger partial charge in [-0.25, -0.2) is 0 Å². The zero-order valence-electron chi connectivity index (χ0n) is 11.0. The molecule has 2 aromatic rings. The van der Waals surface area contributed by atoms with Crippen molar-refractivity contribution >= 4 is 11.6 Å². The lowest BCUT2D eigenvalue weighted by atomic mass is 10.00. The number of nitrogens with zero attached hydrogens (tertiary/aromatic N) is 2. The summed E-state index contributed by atoms with van der Waals surface area (Å²) in [6.45, 7) is 0.773. The van der Waals surface area contributed by atoms with Gasteiger partial charge in [0.05, 0.1) is 29.6 Å². The largest absolute Gasteiger partial charge is 0.493 e. The number of hydrogen-bond donors (Lipinski definition) is 1. The van der Waals surface area contributed by atoms with E-state index < -0.39 is 0 Å². The van der Waals surface area contributed by atoms with Crippen LogP contribution in [-0.2, 0) is 13.5 Å². The van der Waals surface area contributed by atoms with E-state index in [2.05, 4.69) is 22.5 Å². The van der Waals surface area contributed by atoms with Gasteiger partial charge in [-0.3, -0.25) is 4.68 Å². The van der Waals surface area contributed by atoms with Crippen molar-refractivity contribution in [2.45, 2.75) is 12.5 Å². The third-order valence-corrected chi connectivity index (χ3v) is 3.84. The Morgan fingerprint density at radius 2 is 2.32 bits per heavy atom. The van der Waals surface area contributed by atoms with Gasteiger partial charge >= 0.3 is 0 Å². The van der Waals surface area contributed by atoms with E-state index in [9.17, 15) is 0 Å². The first-order chi connectivity index (χ1) is 9.20. The Morgan fingerprint density at radius 1 is 1.47 bits per heavy atom. The molecule has 0 bridgehead atoms. The van der Waals surface area contributed by atoms with Crippen molar-refractivity contribution in [1.29, 1.82) is 0 Å². The lowest BCUT2D eigenvalue weighted by molar-refractivity contribution is 0.357. The van der Waals surface area contributed by atoms with Gasteiger partial charge in [0.25, 0.3) is 0 Å². The van der Waals surface area contributed by atoms with Crippen LogP contribution in [0.2, 0.25) is 5.02 Å². The maximum atomic E-state index is 6.24. The van der Waals surface area contributed by atoms with Crippen LogP contribution in [0.1, 0.15) is 22.9 Å². The van der Waals surface area contributed by atoms with Gasteiger partial charge in [0, 0.05) is 13.5 Å². The molecule has 100 valence electrons. The summed E-state index contributed by atoms with van der Waals surface area (Å²) in [6.07, 6.45) is 2.65. The number of benzene rings is 1. The second kappa shape index (κ2) is 4.87. The molecule has 1 atom stereocenters. The van der Waals surface area contributed by atoms with Gasteiger partial charge in [0.2, 0.25) is 0 Å². The molecular weight excluding hydrogens is 262 g/mol. The van der Waals surface area contributed by atoms with Crippen molar-refractivity contribution in [2.75, 3.05) is 13.7 Å². The predicted octanol–water partition coefficient (Wildman–Crippen LogP) is 2.32. The summed E-state index contributed by atoms with van der Waals surface area (Å²) >= 11 is 6.24. The van der Waals surface area contributed by atoms with Gasteiger partial charge < -0.3 is 10.1 Å². The monoisotopic (exact) mass is 277 g/mol. The Hall–Kier alpha value is -1.52. The average molecular weight is 278 g/mol. The normalized spacial score (nSPS) is 15.1. The van der Waals surface area contributed by atoms with Crippen LogP contribution >= 0.6 is 11.6 Å². The van der Waals surface area contributed by atoms with Crippen molar-refractivity contribution in [2.24, 2.45) is 7.05 Å². The van der Waals surface area contributed by atoms with Crippen molar-refractivity contribution in [3.8, 4) is 5.75 Å². The van der Waals surface area contributed by atoms with Gasteiger partial charge in [-0.15, -0.1) is 0 Å². The van der Waals surface area contributed by atoms with Crippen molar-refractivity contribution in [1.82, 2.24) is 15.1 Å². The molecule has 0 amide bonds. The quantitative estimate of drug-likeness (QED) is 0.936. The van der Waals surface area contributed by atoms with Crippen LogP contribution in [-0.4, -0.2) is 23.4 Å². The molecule has 0 spiro atoms. The lowest BCUT2D eigenvalue weighted by Crippen LogP contribution is -2.21. The number of fused-ring (bicyclic) bond motifs is 1. The van der Waals surface area contributed by atoms with Crippen LogP contribution in [0.25, 0.3) is 0 Å². The number of hydrogen-bond acceptors (Lipinski definition) is 3. The van der Waals surface area contributed by atoms with E-state index >= 15 is 0 Å². The standard InChI is InChI=1S/C14H16ClN3O/c1-16-13(14-11(15)8-17-18(14)2)10-3-4-12-9(7-10)5-6-19-12/h3-4,7-8,13,16H,5-6H2,1-2H3. The fourth-order valence-corrected chi connectivity index (χ4v) is 2.87. The molecule has 0 radical (unpaired) electrons. The maximum Gasteiger partial charge on any atom is 0.122 e. The number of aromatic nitrogens is 2. The number of aryl methyl sites for hydroxylation is 1. The summed E-state index contributed by atoms with van der Waals surface area (Å²) in [7, 11) is 3.83. The van der Waals surface area contributed by atoms with E-state index in [0.29, 0.717) is 5.02 Å². The molecule has 19 heavy (non-hydrogen) atoms. The van der Waals surface area contributed by atoms with Gasteiger partial charge in [-0.2, -0.15) is 5.10 Å². The molecule has 0 saturated carbocycles. The molecule has 1 aliphatic rings. The summed E-state index contributed by atoms with van der Waals surface area (Å²) in [4.78, 5) is 0. The summed E-state index contributed by atoms with van der Waals surface area (Å²) in [5.41, 5.74) is 3.41. The lowest BCUT2D eigenvalue weighted by Gasteiger charge is -2.18. The maximum absolute atomic E-state index is 6.24. The Bertz CT molecular complexity index is 589. The fraction of sp³-hybridized carbons (Fsp3) is 0.357. The van der Waals surface area contributed by atoms with Crippen LogP contribution in [0.5, 0.6) is 5.75 Å². The fourth-order valence-electron chi connectivity index (χ4n) is 2.59. The average Bonchev–Trinajstić information content (AvgIpc) is 3.00. The van der Waals surface area contributed by atoms with E-state index in [1.807, 2.05) is 24.8 Å². The van der Waals surface area contributed by atoms with Crippen LogP contribution in [0.15, 0.2) is 24.4 Å². The molecule has 4 nitrogen and oxygen atoms in total. The van der Waals surface area contributed by atoms with E-state index in [1.165, 1.54) is 11.1 Å². The molecule has 5 heteroatoms. The van der Waals surface area contributed by atoms with Crippen LogP contribution in [0, 0.1) is 0 Å². The highest BCUT2D eigenvalue weighted by atomic mass is 35.5. The van der Waals surface area contributed by atoms with E-state index in [-0.39, 0.29) is 6.04 Å². The third kappa shape index (κ3) is 2.11. The number of halogens is 1. The van der Waals surface area contributed by atoms with Crippen molar-refractivity contribution in [3.63, 3.8) is 0 Å². The van der Waals surface area contributed by atoms with Crippen LogP contribution in [0.3, 0.4) is 0 Å². The highest BCUT2D eigenvalue weighted by Crippen LogP contribution is 2.32. The minimum atomic E-state index is 0.0332. The van der Waals surface area contributed by atoms with E-state index in [0.717, 1.165) is 24.5 Å². The summed E-state index contributed by atoms with van der Waals surface area (Å²) in [5.74, 6) is 0.995. The second-order valence-corrected chi connectivity index (χ2v) is 5.10. The topological polar surface area (TPSA) is 39.1 Å². The van der Waals surface area contributed by atoms with Crippen molar-refractivity contribution < 1.29 is 4.74 Å². The molecule has 0 saturated heterocycles. The Balaban J connectivity index is 2.03. The predicted molar refractivity (Wildman–Crippen MR) is 74.8 cm³/mol. The highest BCUT2D eigenvalue weighted by Gasteiger charge is 2.21. The molecule has 1 N–H and O–H groups in total. The zero-order valence-corrected chi connectivity index (χ0v) is 11.7. The van der Waals surface area contributed by atoms with Gasteiger partial charge in [0.1, 0.15) is 5.75 Å². The molecule has 1 aromatic heterocycles. The molecule has 1 unspecified atom stereocenters. The minimum Gasteiger partial charge on any atom is -0.493 e. The Morgan fingerprint density at radius 3 is 3.00 bits per heavy atom. The Kier molecular flexibility index (Phi) is 3.21. The Labute approximate surface area is 117 Å². The van der Waals surface area contributed by atoms with Gasteiger partial charge in [-0.05, 0) is 24.2 Å². The highest BCUT2D eigenvalue weighted by molar-refractivity contribution is 6.31. The number of nitrogens with one attached hydrogen (secondary N) is 1. The zero-order chi connectivity index (χ0) is 13.4. The molecular formula is C14H16ClN3O. The first-order valence-corrected chi connectivity index (χ1v) is 6.69. The molecule has 0 aliphatic carbocycles. The van der Waals surface area contributed by atoms with Crippen LogP contribution in [0.4, 0.5) is 0 Å². The van der Waals surface area contributed by atoms with Gasteiger partial charge in [0.15, 0.2) is 0 Å². The molecule has 0 fully saturated rings. The minimum absolute atomic E-state index is 0.0332. The molecule has 3 rings (SSSR count). The third-order valence-electron chi connectivity index (χ3n) is 3.55. The first-order valence-electron chi connectivity index (χ1n) is 6.31.